The van der Waals surface area contributed by atoms with Crippen LogP contribution in [0.3, 0.4) is 0 Å². The van der Waals surface area contributed by atoms with E-state index in [9.17, 15) is 0 Å². The largest absolute Gasteiger partial charge is 0.344 e. The number of hydrogen-bond donors (Lipinski definition) is 1. The van der Waals surface area contributed by atoms with Crippen LogP contribution < -0.4 is 5.32 Å². The molecule has 19 heavy (non-hydrogen) atoms. The summed E-state index contributed by atoms with van der Waals surface area (Å²) in [7, 11) is 0. The van der Waals surface area contributed by atoms with Crippen molar-refractivity contribution in [3.63, 3.8) is 0 Å². The summed E-state index contributed by atoms with van der Waals surface area (Å²) in [6, 6.07) is 10.3. The normalized spacial score (nSPS) is 8.32. The second kappa shape index (κ2) is 6.22. The highest BCUT2D eigenvalue weighted by Gasteiger charge is 2.11. The van der Waals surface area contributed by atoms with Gasteiger partial charge in [-0.15, -0.1) is 0 Å². The summed E-state index contributed by atoms with van der Waals surface area (Å²) in [5.41, 5.74) is 1.31. The molecule has 0 unspecified atom stereocenters. The van der Waals surface area contributed by atoms with Crippen LogP contribution in [0.2, 0.25) is 0 Å². The molecule has 0 aliphatic rings. The molecule has 0 saturated carbocycles. The van der Waals surface area contributed by atoms with Crippen LogP contribution >= 0.6 is 15.9 Å². The van der Waals surface area contributed by atoms with Crippen LogP contribution in [0.15, 0.2) is 27.9 Å². The van der Waals surface area contributed by atoms with Gasteiger partial charge in [0.25, 0.3) is 0 Å². The van der Waals surface area contributed by atoms with E-state index in [0.29, 0.717) is 21.3 Å². The third-order valence-corrected chi connectivity index (χ3v) is 2.88. The number of rotatable bonds is 2. The zero-order valence-electron chi connectivity index (χ0n) is 9.82. The lowest BCUT2D eigenvalue weighted by atomic mass is 10.1. The van der Waals surface area contributed by atoms with Gasteiger partial charge in [0.15, 0.2) is 5.57 Å². The number of halogens is 1. The van der Waals surface area contributed by atoms with Crippen molar-refractivity contribution < 1.29 is 0 Å². The third kappa shape index (κ3) is 3.11. The molecular weight excluding hydrogens is 306 g/mol. The van der Waals surface area contributed by atoms with Crippen molar-refractivity contribution in [2.24, 2.45) is 0 Å². The van der Waals surface area contributed by atoms with Gasteiger partial charge in [-0.2, -0.15) is 21.0 Å². The topological polar surface area (TPSA) is 107 Å². The Bertz CT molecular complexity index is 680. The van der Waals surface area contributed by atoms with Gasteiger partial charge < -0.3 is 5.32 Å². The Hall–Kier alpha value is -2.80. The average molecular weight is 312 g/mol. The Morgan fingerprint density at radius 3 is 2.16 bits per heavy atom. The molecule has 1 rings (SSSR count). The Morgan fingerprint density at radius 2 is 1.74 bits per heavy atom. The molecule has 0 aromatic heterocycles. The fraction of sp³-hybridized carbons (Fsp3) is 0.0769. The molecule has 0 saturated heterocycles. The van der Waals surface area contributed by atoms with Crippen molar-refractivity contribution in [1.82, 2.24) is 0 Å². The molecule has 0 amide bonds. The van der Waals surface area contributed by atoms with Crippen LogP contribution in [0.5, 0.6) is 0 Å². The molecule has 0 aliphatic heterocycles. The number of nitrogens with zero attached hydrogens (tertiary/aromatic N) is 4. The molecule has 0 bridgehead atoms. The highest BCUT2D eigenvalue weighted by atomic mass is 79.9. The fourth-order valence-corrected chi connectivity index (χ4v) is 2.03. The summed E-state index contributed by atoms with van der Waals surface area (Å²) in [5.74, 6) is 0. The van der Waals surface area contributed by atoms with Gasteiger partial charge in [-0.25, -0.2) is 0 Å². The molecular formula is C13H6BrN5. The van der Waals surface area contributed by atoms with Crippen molar-refractivity contribution in [1.29, 1.82) is 21.0 Å². The first-order valence-electron chi connectivity index (χ1n) is 4.99. The maximum atomic E-state index is 8.96. The van der Waals surface area contributed by atoms with E-state index < -0.39 is 0 Å². The number of hydrogen-bond acceptors (Lipinski definition) is 5. The zero-order valence-corrected chi connectivity index (χ0v) is 11.4. The molecule has 5 nitrogen and oxygen atoms in total. The summed E-state index contributed by atoms with van der Waals surface area (Å²) in [4.78, 5) is 0. The van der Waals surface area contributed by atoms with Crippen LogP contribution in [0.25, 0.3) is 0 Å². The lowest BCUT2D eigenvalue weighted by Gasteiger charge is -2.11. The second-order valence-corrected chi connectivity index (χ2v) is 4.33. The van der Waals surface area contributed by atoms with Crippen molar-refractivity contribution >= 4 is 21.6 Å². The van der Waals surface area contributed by atoms with E-state index in [2.05, 4.69) is 21.2 Å². The molecule has 6 heteroatoms. The summed E-state index contributed by atoms with van der Waals surface area (Å²) in [6.45, 7) is 1.75. The number of anilines is 1. The van der Waals surface area contributed by atoms with Crippen LogP contribution in [0.1, 0.15) is 11.1 Å². The van der Waals surface area contributed by atoms with Crippen molar-refractivity contribution in [3.05, 3.63) is 39.0 Å². The summed E-state index contributed by atoms with van der Waals surface area (Å²) >= 11 is 3.28. The average Bonchev–Trinajstić information content (AvgIpc) is 2.41. The second-order valence-electron chi connectivity index (χ2n) is 3.47. The van der Waals surface area contributed by atoms with E-state index in [1.165, 1.54) is 0 Å². The Morgan fingerprint density at radius 1 is 1.11 bits per heavy atom. The number of nitrogens with one attached hydrogen (secondary N) is 1. The SMILES string of the molecule is Cc1cc(C#N)cc(Br)c1NC(C#N)=C(C#N)C#N. The monoisotopic (exact) mass is 311 g/mol. The highest BCUT2D eigenvalue weighted by molar-refractivity contribution is 9.10. The molecule has 90 valence electrons. The molecule has 0 atom stereocenters. The fourth-order valence-electron chi connectivity index (χ4n) is 1.38. The van der Waals surface area contributed by atoms with Gasteiger partial charge in [0.2, 0.25) is 0 Å². The van der Waals surface area contributed by atoms with Crippen molar-refractivity contribution in [3.8, 4) is 24.3 Å². The zero-order chi connectivity index (χ0) is 14.4. The predicted octanol–water partition coefficient (Wildman–Crippen LogP) is 2.87. The van der Waals surface area contributed by atoms with Crippen molar-refractivity contribution in [2.45, 2.75) is 6.92 Å². The molecule has 1 aromatic rings. The van der Waals surface area contributed by atoms with Crippen LogP contribution in [0.4, 0.5) is 5.69 Å². The molecule has 0 fully saturated rings. The van der Waals surface area contributed by atoms with E-state index in [-0.39, 0.29) is 11.3 Å². The standard InChI is InChI=1S/C13H6BrN5/c1-8-2-9(4-15)3-11(14)13(8)19-12(7-18)10(5-16)6-17/h2-3,19H,1H3. The van der Waals surface area contributed by atoms with Gasteiger partial charge in [0.05, 0.1) is 17.3 Å². The number of benzene rings is 1. The minimum Gasteiger partial charge on any atom is -0.344 e. The first kappa shape index (κ1) is 14.3. The molecule has 0 spiro atoms. The predicted molar refractivity (Wildman–Crippen MR) is 71.1 cm³/mol. The minimum absolute atomic E-state index is 0.126. The van der Waals surface area contributed by atoms with E-state index in [4.69, 9.17) is 21.0 Å². The van der Waals surface area contributed by atoms with E-state index in [1.54, 1.807) is 37.3 Å². The molecule has 1 N–H and O–H groups in total. The van der Waals surface area contributed by atoms with E-state index >= 15 is 0 Å². The van der Waals surface area contributed by atoms with Gasteiger partial charge in [0, 0.05) is 4.47 Å². The van der Waals surface area contributed by atoms with Gasteiger partial charge >= 0.3 is 0 Å². The quantitative estimate of drug-likeness (QED) is 0.845. The van der Waals surface area contributed by atoms with Gasteiger partial charge in [-0.1, -0.05) is 0 Å². The maximum Gasteiger partial charge on any atom is 0.163 e. The minimum atomic E-state index is -0.293. The van der Waals surface area contributed by atoms with E-state index in [0.717, 1.165) is 0 Å². The van der Waals surface area contributed by atoms with Crippen LogP contribution in [0, 0.1) is 52.2 Å². The first-order chi connectivity index (χ1) is 9.07. The Kier molecular flexibility index (Phi) is 4.67. The highest BCUT2D eigenvalue weighted by Crippen LogP contribution is 2.29. The van der Waals surface area contributed by atoms with Crippen LogP contribution in [-0.2, 0) is 0 Å². The number of allylic oxidation sites excluding steroid dienone is 2. The lowest BCUT2D eigenvalue weighted by Crippen LogP contribution is -2.03. The van der Waals surface area contributed by atoms with Gasteiger partial charge in [-0.05, 0) is 40.5 Å². The van der Waals surface area contributed by atoms with Gasteiger partial charge in [0.1, 0.15) is 23.9 Å². The first-order valence-corrected chi connectivity index (χ1v) is 5.78. The molecule has 1 aromatic carbocycles. The Balaban J connectivity index is 3.34. The smallest absolute Gasteiger partial charge is 0.163 e. The van der Waals surface area contributed by atoms with Crippen molar-refractivity contribution in [2.75, 3.05) is 5.32 Å². The van der Waals surface area contributed by atoms with Crippen LogP contribution in [-0.4, -0.2) is 0 Å². The van der Waals surface area contributed by atoms with Gasteiger partial charge in [-0.3, -0.25) is 0 Å². The lowest BCUT2D eigenvalue weighted by molar-refractivity contribution is 1.33. The number of aryl methyl sites for hydroxylation is 1. The third-order valence-electron chi connectivity index (χ3n) is 2.25. The van der Waals surface area contributed by atoms with E-state index in [1.807, 2.05) is 6.07 Å². The summed E-state index contributed by atoms with van der Waals surface area (Å²) in [5, 5.41) is 38.0. The molecule has 0 heterocycles. The maximum absolute atomic E-state index is 8.96. The summed E-state index contributed by atoms with van der Waals surface area (Å²) < 4.78 is 0.576. The molecule has 0 radical (unpaired) electrons. The number of nitriles is 4. The molecule has 0 aliphatic carbocycles. The Labute approximate surface area is 118 Å². The summed E-state index contributed by atoms with van der Waals surface area (Å²) in [6.07, 6.45) is 0.